The molecule has 0 saturated carbocycles. The van der Waals surface area contributed by atoms with Gasteiger partial charge >= 0.3 is 5.97 Å². The Balaban J connectivity index is 1.89. The van der Waals surface area contributed by atoms with Crippen LogP contribution in [0.5, 0.6) is 11.5 Å². The Morgan fingerprint density at radius 2 is 1.67 bits per heavy atom. The van der Waals surface area contributed by atoms with Crippen molar-refractivity contribution in [3.05, 3.63) is 59.2 Å². The predicted molar refractivity (Wildman–Crippen MR) is 102 cm³/mol. The highest BCUT2D eigenvalue weighted by atomic mass is 16.6. The van der Waals surface area contributed by atoms with Crippen molar-refractivity contribution in [3.63, 3.8) is 0 Å². The molecule has 0 aliphatic carbocycles. The van der Waals surface area contributed by atoms with Crippen LogP contribution in [-0.4, -0.2) is 50.7 Å². The van der Waals surface area contributed by atoms with Crippen LogP contribution in [0.25, 0.3) is 0 Å². The maximum atomic E-state index is 12.6. The third-order valence-electron chi connectivity index (χ3n) is 3.90. The molecule has 6 nitrogen and oxygen atoms in total. The SMILES string of the molecule is COC(=O)COc1cccc(C(=O)N(C)CCOc2cc(C)cc(C)c2)c1. The smallest absolute Gasteiger partial charge is 0.343 e. The minimum absolute atomic E-state index is 0.150. The predicted octanol–water partition coefficient (Wildman–Crippen LogP) is 3.01. The standard InChI is InChI=1S/C21H25NO5/c1-15-10-16(2)12-19(11-15)26-9-8-22(3)21(24)17-6-5-7-18(13-17)27-14-20(23)25-4/h5-7,10-13H,8-9,14H2,1-4H3. The van der Waals surface area contributed by atoms with Crippen LogP contribution in [0.15, 0.2) is 42.5 Å². The molecule has 144 valence electrons. The van der Waals surface area contributed by atoms with Gasteiger partial charge in [0.1, 0.15) is 18.1 Å². The van der Waals surface area contributed by atoms with Crippen LogP contribution in [0.1, 0.15) is 21.5 Å². The minimum atomic E-state index is -0.479. The zero-order valence-electron chi connectivity index (χ0n) is 16.2. The van der Waals surface area contributed by atoms with Gasteiger partial charge in [-0.1, -0.05) is 12.1 Å². The van der Waals surface area contributed by atoms with Crippen LogP contribution < -0.4 is 9.47 Å². The summed E-state index contributed by atoms with van der Waals surface area (Å²) in [6, 6.07) is 12.7. The van der Waals surface area contributed by atoms with E-state index >= 15 is 0 Å². The first-order valence-electron chi connectivity index (χ1n) is 8.65. The molecule has 0 radical (unpaired) electrons. The lowest BCUT2D eigenvalue weighted by molar-refractivity contribution is -0.142. The Kier molecular flexibility index (Phi) is 7.23. The number of nitrogens with zero attached hydrogens (tertiary/aromatic N) is 1. The number of methoxy groups -OCH3 is 1. The van der Waals surface area contributed by atoms with E-state index in [1.165, 1.54) is 7.11 Å². The Morgan fingerprint density at radius 3 is 2.33 bits per heavy atom. The molecular weight excluding hydrogens is 346 g/mol. The highest BCUT2D eigenvalue weighted by Gasteiger charge is 2.13. The molecule has 0 saturated heterocycles. The van der Waals surface area contributed by atoms with Crippen molar-refractivity contribution >= 4 is 11.9 Å². The molecule has 0 unspecified atom stereocenters. The highest BCUT2D eigenvalue weighted by molar-refractivity contribution is 5.94. The van der Waals surface area contributed by atoms with Crippen molar-refractivity contribution in [3.8, 4) is 11.5 Å². The van der Waals surface area contributed by atoms with E-state index in [2.05, 4.69) is 10.8 Å². The van der Waals surface area contributed by atoms with E-state index in [9.17, 15) is 9.59 Å². The normalized spacial score (nSPS) is 10.2. The van der Waals surface area contributed by atoms with Gasteiger partial charge in [0, 0.05) is 12.6 Å². The monoisotopic (exact) mass is 371 g/mol. The molecule has 2 aromatic carbocycles. The second kappa shape index (κ2) is 9.62. The number of amides is 1. The van der Waals surface area contributed by atoms with E-state index in [4.69, 9.17) is 9.47 Å². The fourth-order valence-corrected chi connectivity index (χ4v) is 2.56. The summed E-state index contributed by atoms with van der Waals surface area (Å²) >= 11 is 0. The van der Waals surface area contributed by atoms with Crippen molar-refractivity contribution in [2.75, 3.05) is 33.9 Å². The number of rotatable bonds is 8. The molecule has 1 amide bonds. The van der Waals surface area contributed by atoms with Crippen molar-refractivity contribution in [2.45, 2.75) is 13.8 Å². The average molecular weight is 371 g/mol. The van der Waals surface area contributed by atoms with Gasteiger partial charge in [-0.05, 0) is 55.3 Å². The molecule has 0 aliphatic rings. The van der Waals surface area contributed by atoms with Gasteiger partial charge in [-0.2, -0.15) is 0 Å². The minimum Gasteiger partial charge on any atom is -0.492 e. The van der Waals surface area contributed by atoms with Gasteiger partial charge < -0.3 is 19.1 Å². The molecule has 27 heavy (non-hydrogen) atoms. The number of ether oxygens (including phenoxy) is 3. The Hall–Kier alpha value is -3.02. The van der Waals surface area contributed by atoms with Gasteiger partial charge in [0.2, 0.25) is 0 Å². The van der Waals surface area contributed by atoms with Crippen molar-refractivity contribution in [1.82, 2.24) is 4.90 Å². The summed E-state index contributed by atoms with van der Waals surface area (Å²) < 4.78 is 15.6. The lowest BCUT2D eigenvalue weighted by Crippen LogP contribution is -2.30. The van der Waals surface area contributed by atoms with Crippen LogP contribution in [0, 0.1) is 13.8 Å². The number of benzene rings is 2. The summed E-state index contributed by atoms with van der Waals surface area (Å²) in [6.45, 7) is 4.67. The summed E-state index contributed by atoms with van der Waals surface area (Å²) in [6.07, 6.45) is 0. The lowest BCUT2D eigenvalue weighted by atomic mass is 10.1. The summed E-state index contributed by atoms with van der Waals surface area (Å²) in [5, 5.41) is 0. The van der Waals surface area contributed by atoms with Crippen LogP contribution in [0.2, 0.25) is 0 Å². The molecule has 0 bridgehead atoms. The Morgan fingerprint density at radius 1 is 0.963 bits per heavy atom. The zero-order valence-corrected chi connectivity index (χ0v) is 16.2. The number of carbonyl (C=O) groups is 2. The van der Waals surface area contributed by atoms with E-state index in [-0.39, 0.29) is 12.5 Å². The fraction of sp³-hybridized carbons (Fsp3) is 0.333. The van der Waals surface area contributed by atoms with E-state index in [0.717, 1.165) is 16.9 Å². The second-order valence-electron chi connectivity index (χ2n) is 6.29. The van der Waals surface area contributed by atoms with E-state index in [0.29, 0.717) is 24.5 Å². The highest BCUT2D eigenvalue weighted by Crippen LogP contribution is 2.17. The molecule has 0 aromatic heterocycles. The molecule has 0 heterocycles. The average Bonchev–Trinajstić information content (AvgIpc) is 2.64. The second-order valence-corrected chi connectivity index (χ2v) is 6.29. The van der Waals surface area contributed by atoms with Crippen molar-refractivity contribution < 1.29 is 23.8 Å². The molecule has 6 heteroatoms. The topological polar surface area (TPSA) is 65.1 Å². The maximum absolute atomic E-state index is 12.6. The van der Waals surface area contributed by atoms with Crippen molar-refractivity contribution in [1.29, 1.82) is 0 Å². The first-order chi connectivity index (χ1) is 12.9. The van der Waals surface area contributed by atoms with E-state index in [1.54, 1.807) is 36.2 Å². The largest absolute Gasteiger partial charge is 0.492 e. The molecule has 0 spiro atoms. The van der Waals surface area contributed by atoms with Gasteiger partial charge in [0.15, 0.2) is 6.61 Å². The van der Waals surface area contributed by atoms with Crippen LogP contribution >= 0.6 is 0 Å². The molecule has 0 aliphatic heterocycles. The number of hydrogen-bond donors (Lipinski definition) is 0. The zero-order chi connectivity index (χ0) is 19.8. The van der Waals surface area contributed by atoms with Crippen LogP contribution in [-0.2, 0) is 9.53 Å². The first-order valence-corrected chi connectivity index (χ1v) is 8.65. The number of carbonyl (C=O) groups excluding carboxylic acids is 2. The summed E-state index contributed by atoms with van der Waals surface area (Å²) in [4.78, 5) is 25.3. The summed E-state index contributed by atoms with van der Waals surface area (Å²) in [5.74, 6) is 0.604. The summed E-state index contributed by atoms with van der Waals surface area (Å²) in [5.41, 5.74) is 2.75. The fourth-order valence-electron chi connectivity index (χ4n) is 2.56. The number of aryl methyl sites for hydroxylation is 2. The van der Waals surface area contributed by atoms with Crippen LogP contribution in [0.4, 0.5) is 0 Å². The lowest BCUT2D eigenvalue weighted by Gasteiger charge is -2.18. The van der Waals surface area contributed by atoms with Crippen LogP contribution in [0.3, 0.4) is 0 Å². The number of likely N-dealkylation sites (N-methyl/N-ethyl adjacent to an activating group) is 1. The van der Waals surface area contributed by atoms with E-state index < -0.39 is 5.97 Å². The molecule has 2 rings (SSSR count). The summed E-state index contributed by atoms with van der Waals surface area (Å²) in [7, 11) is 3.01. The number of esters is 1. The van der Waals surface area contributed by atoms with Crippen molar-refractivity contribution in [2.24, 2.45) is 0 Å². The number of hydrogen-bond acceptors (Lipinski definition) is 5. The quantitative estimate of drug-likeness (QED) is 0.668. The molecular formula is C21H25NO5. The van der Waals surface area contributed by atoms with Gasteiger partial charge in [-0.3, -0.25) is 4.79 Å². The van der Waals surface area contributed by atoms with Gasteiger partial charge in [-0.25, -0.2) is 4.79 Å². The van der Waals surface area contributed by atoms with Gasteiger partial charge in [0.25, 0.3) is 5.91 Å². The molecule has 2 aromatic rings. The Bertz CT molecular complexity index is 783. The third-order valence-corrected chi connectivity index (χ3v) is 3.90. The van der Waals surface area contributed by atoms with Gasteiger partial charge in [0.05, 0.1) is 13.7 Å². The van der Waals surface area contributed by atoms with Gasteiger partial charge in [-0.15, -0.1) is 0 Å². The molecule has 0 atom stereocenters. The molecule has 0 N–H and O–H groups in total. The molecule has 0 fully saturated rings. The first kappa shape index (κ1) is 20.3. The third kappa shape index (κ3) is 6.33. The maximum Gasteiger partial charge on any atom is 0.343 e. The Labute approximate surface area is 159 Å². The van der Waals surface area contributed by atoms with E-state index in [1.807, 2.05) is 26.0 Å².